The Hall–Kier alpha value is -1.10. The molecule has 0 aliphatic heterocycles. The van der Waals surface area contributed by atoms with Gasteiger partial charge in [-0.1, -0.05) is 40.9 Å². The molecule has 1 heterocycles. The summed E-state index contributed by atoms with van der Waals surface area (Å²) in [6, 6.07) is 7.47. The van der Waals surface area contributed by atoms with E-state index in [1.54, 1.807) is 0 Å². The number of hydrogen-bond donors (Lipinski definition) is 1. The molecule has 0 unspecified atom stereocenters. The summed E-state index contributed by atoms with van der Waals surface area (Å²) in [5, 5.41) is 3.08. The van der Waals surface area contributed by atoms with Gasteiger partial charge in [0, 0.05) is 5.69 Å². The molecular formula is C11H8Cl2N2OS. The number of nitrogens with one attached hydrogen (secondary N) is 1. The van der Waals surface area contributed by atoms with Crippen LogP contribution in [0.2, 0.25) is 10.2 Å². The number of halogens is 2. The number of hydrogen-bond acceptors (Lipinski definition) is 3. The fourth-order valence-corrected chi connectivity index (χ4v) is 2.33. The van der Waals surface area contributed by atoms with Gasteiger partial charge >= 0.3 is 0 Å². The minimum atomic E-state index is -0.303. The Labute approximate surface area is 113 Å². The molecule has 1 amide bonds. The highest BCUT2D eigenvalue weighted by atomic mass is 35.5. The smallest absolute Gasteiger partial charge is 0.268 e. The number of nitrogens with zero attached hydrogens (tertiary/aromatic N) is 1. The summed E-state index contributed by atoms with van der Waals surface area (Å²) in [6.45, 7) is 1.98. The zero-order valence-electron chi connectivity index (χ0n) is 8.83. The van der Waals surface area contributed by atoms with E-state index in [0.29, 0.717) is 10.6 Å². The highest BCUT2D eigenvalue weighted by molar-refractivity contribution is 7.09. The van der Waals surface area contributed by atoms with Gasteiger partial charge in [0.15, 0.2) is 5.15 Å². The average Bonchev–Trinajstić information content (AvgIpc) is 2.63. The van der Waals surface area contributed by atoms with Gasteiger partial charge < -0.3 is 5.32 Å². The van der Waals surface area contributed by atoms with Crippen molar-refractivity contribution in [2.45, 2.75) is 6.92 Å². The molecule has 0 aliphatic rings. The maximum Gasteiger partial charge on any atom is 0.268 e. The maximum absolute atomic E-state index is 11.8. The van der Waals surface area contributed by atoms with Crippen molar-refractivity contribution in [3.63, 3.8) is 0 Å². The number of carbonyl (C=O) groups excluding carboxylic acids is 1. The van der Waals surface area contributed by atoms with Crippen molar-refractivity contribution in [2.75, 3.05) is 5.32 Å². The van der Waals surface area contributed by atoms with Crippen LogP contribution in [0.15, 0.2) is 24.3 Å². The highest BCUT2D eigenvalue weighted by Crippen LogP contribution is 2.29. The van der Waals surface area contributed by atoms with Crippen LogP contribution < -0.4 is 5.32 Å². The average molecular weight is 287 g/mol. The van der Waals surface area contributed by atoms with E-state index in [0.717, 1.165) is 17.1 Å². The minimum absolute atomic E-state index is 0.158. The molecule has 88 valence electrons. The summed E-state index contributed by atoms with van der Waals surface area (Å²) < 4.78 is 3.81. The van der Waals surface area contributed by atoms with Crippen LogP contribution in [-0.4, -0.2) is 10.3 Å². The number of anilines is 1. The van der Waals surface area contributed by atoms with Crippen molar-refractivity contribution >= 4 is 46.3 Å². The molecule has 0 atom stereocenters. The predicted octanol–water partition coefficient (Wildman–Crippen LogP) is 4.01. The molecule has 0 radical (unpaired) electrons. The van der Waals surface area contributed by atoms with Crippen molar-refractivity contribution in [3.05, 3.63) is 44.9 Å². The van der Waals surface area contributed by atoms with Crippen molar-refractivity contribution in [1.82, 2.24) is 4.37 Å². The first kappa shape index (κ1) is 12.4. The van der Waals surface area contributed by atoms with E-state index in [1.165, 1.54) is 0 Å². The normalized spacial score (nSPS) is 10.3. The molecule has 6 heteroatoms. The molecule has 0 fully saturated rings. The third kappa shape index (κ3) is 2.77. The topological polar surface area (TPSA) is 42.0 Å². The second-order valence-electron chi connectivity index (χ2n) is 3.44. The van der Waals surface area contributed by atoms with Crippen LogP contribution in [-0.2, 0) is 0 Å². The van der Waals surface area contributed by atoms with Crippen molar-refractivity contribution in [2.24, 2.45) is 0 Å². The number of aryl methyl sites for hydroxylation is 1. The Morgan fingerprint density at radius 2 is 1.94 bits per heavy atom. The lowest BCUT2D eigenvalue weighted by Crippen LogP contribution is -2.10. The summed E-state index contributed by atoms with van der Waals surface area (Å²) in [6.07, 6.45) is 0. The Balaban J connectivity index is 2.17. The SMILES string of the molecule is Cc1ccc(NC(=O)c2snc(Cl)c2Cl)cc1. The summed E-state index contributed by atoms with van der Waals surface area (Å²) in [5.74, 6) is -0.303. The fraction of sp³-hybridized carbons (Fsp3) is 0.0909. The first-order chi connectivity index (χ1) is 8.08. The molecule has 0 saturated heterocycles. The fourth-order valence-electron chi connectivity index (χ4n) is 1.23. The van der Waals surface area contributed by atoms with E-state index in [-0.39, 0.29) is 16.1 Å². The second-order valence-corrected chi connectivity index (χ2v) is 4.95. The van der Waals surface area contributed by atoms with Crippen LogP contribution in [0.4, 0.5) is 5.69 Å². The zero-order chi connectivity index (χ0) is 12.4. The molecule has 3 nitrogen and oxygen atoms in total. The highest BCUT2D eigenvalue weighted by Gasteiger charge is 2.17. The van der Waals surface area contributed by atoms with Crippen LogP contribution in [0.3, 0.4) is 0 Å². The van der Waals surface area contributed by atoms with Gasteiger partial charge in [0.1, 0.15) is 9.90 Å². The third-order valence-electron chi connectivity index (χ3n) is 2.11. The number of rotatable bonds is 2. The standard InChI is InChI=1S/C11H8Cl2N2OS/c1-6-2-4-7(5-3-6)14-11(16)9-8(12)10(13)15-17-9/h2-5H,1H3,(H,14,16). The Kier molecular flexibility index (Phi) is 3.66. The quantitative estimate of drug-likeness (QED) is 0.906. The predicted molar refractivity (Wildman–Crippen MR) is 71.3 cm³/mol. The zero-order valence-corrected chi connectivity index (χ0v) is 11.2. The minimum Gasteiger partial charge on any atom is -0.321 e. The number of benzene rings is 1. The summed E-state index contributed by atoms with van der Waals surface area (Å²) in [5.41, 5.74) is 1.84. The summed E-state index contributed by atoms with van der Waals surface area (Å²) in [4.78, 5) is 12.2. The Morgan fingerprint density at radius 1 is 1.29 bits per heavy atom. The lowest BCUT2D eigenvalue weighted by Gasteiger charge is -2.03. The maximum atomic E-state index is 11.8. The number of aromatic nitrogens is 1. The van der Waals surface area contributed by atoms with E-state index in [4.69, 9.17) is 23.2 Å². The van der Waals surface area contributed by atoms with Crippen LogP contribution >= 0.6 is 34.7 Å². The molecule has 2 aromatic rings. The van der Waals surface area contributed by atoms with E-state index in [2.05, 4.69) is 9.69 Å². The second kappa shape index (κ2) is 5.04. The van der Waals surface area contributed by atoms with Crippen molar-refractivity contribution in [3.8, 4) is 0 Å². The van der Waals surface area contributed by atoms with Crippen LogP contribution in [0.5, 0.6) is 0 Å². The molecule has 2 rings (SSSR count). The van der Waals surface area contributed by atoms with Gasteiger partial charge in [-0.05, 0) is 30.6 Å². The summed E-state index contributed by atoms with van der Waals surface area (Å²) >= 11 is 12.5. The van der Waals surface area contributed by atoms with E-state index in [9.17, 15) is 4.79 Å². The molecule has 1 N–H and O–H groups in total. The molecule has 1 aromatic heterocycles. The van der Waals surface area contributed by atoms with Crippen LogP contribution in [0.1, 0.15) is 15.2 Å². The first-order valence-corrected chi connectivity index (χ1v) is 6.29. The van der Waals surface area contributed by atoms with Crippen LogP contribution in [0, 0.1) is 6.92 Å². The molecule has 0 aliphatic carbocycles. The molecule has 0 bridgehead atoms. The number of amides is 1. The molecular weight excluding hydrogens is 279 g/mol. The van der Waals surface area contributed by atoms with E-state index < -0.39 is 0 Å². The Bertz CT molecular complexity index is 551. The summed E-state index contributed by atoms with van der Waals surface area (Å²) in [7, 11) is 0. The van der Waals surface area contributed by atoms with Crippen LogP contribution in [0.25, 0.3) is 0 Å². The lowest BCUT2D eigenvalue weighted by molar-refractivity contribution is 0.103. The third-order valence-corrected chi connectivity index (χ3v) is 3.91. The van der Waals surface area contributed by atoms with Gasteiger partial charge in [-0.3, -0.25) is 4.79 Å². The Morgan fingerprint density at radius 3 is 2.47 bits per heavy atom. The van der Waals surface area contributed by atoms with Crippen molar-refractivity contribution < 1.29 is 4.79 Å². The van der Waals surface area contributed by atoms with Gasteiger partial charge in [0.2, 0.25) is 0 Å². The van der Waals surface area contributed by atoms with E-state index in [1.807, 2.05) is 31.2 Å². The van der Waals surface area contributed by atoms with Crippen molar-refractivity contribution in [1.29, 1.82) is 0 Å². The molecule has 0 spiro atoms. The van der Waals surface area contributed by atoms with Gasteiger partial charge in [-0.25, -0.2) is 0 Å². The number of carbonyl (C=O) groups is 1. The molecule has 0 saturated carbocycles. The first-order valence-electron chi connectivity index (χ1n) is 4.76. The van der Waals surface area contributed by atoms with Gasteiger partial charge in [-0.15, -0.1) is 0 Å². The van der Waals surface area contributed by atoms with Gasteiger partial charge in [0.05, 0.1) is 0 Å². The monoisotopic (exact) mass is 286 g/mol. The van der Waals surface area contributed by atoms with E-state index >= 15 is 0 Å². The largest absolute Gasteiger partial charge is 0.321 e. The molecule has 17 heavy (non-hydrogen) atoms. The lowest BCUT2D eigenvalue weighted by atomic mass is 10.2. The van der Waals surface area contributed by atoms with Gasteiger partial charge in [-0.2, -0.15) is 4.37 Å². The molecule has 1 aromatic carbocycles. The van der Waals surface area contributed by atoms with Gasteiger partial charge in [0.25, 0.3) is 5.91 Å².